The van der Waals surface area contributed by atoms with Gasteiger partial charge in [-0.25, -0.2) is 9.78 Å². The first kappa shape index (κ1) is 15.7. The van der Waals surface area contributed by atoms with Gasteiger partial charge in [-0.2, -0.15) is 0 Å². The van der Waals surface area contributed by atoms with E-state index in [0.717, 1.165) is 5.56 Å². The number of hydrogen-bond donors (Lipinski definition) is 2. The third kappa shape index (κ3) is 5.13. The van der Waals surface area contributed by atoms with Crippen molar-refractivity contribution in [2.45, 2.75) is 19.9 Å². The van der Waals surface area contributed by atoms with Crippen LogP contribution in [-0.4, -0.2) is 47.2 Å². The molecule has 0 spiro atoms. The molecule has 0 saturated heterocycles. The average Bonchev–Trinajstić information content (AvgIpc) is 2.46. The number of hydrogen-bond acceptors (Lipinski definition) is 4. The Labute approximate surface area is 117 Å². The molecule has 0 atom stereocenters. The lowest BCUT2D eigenvalue weighted by atomic mass is 10.3. The Bertz CT molecular complexity index is 447. The molecule has 0 aliphatic heterocycles. The fraction of sp³-hybridized carbons (Fsp3) is 0.462. The van der Waals surface area contributed by atoms with Crippen LogP contribution in [0.5, 0.6) is 5.88 Å². The number of urea groups is 1. The van der Waals surface area contributed by atoms with Crippen LogP contribution >= 0.6 is 0 Å². The van der Waals surface area contributed by atoms with Gasteiger partial charge in [-0.15, -0.1) is 0 Å². The molecular formula is C13H19N3O4. The largest absolute Gasteiger partial charge is 0.481 e. The van der Waals surface area contributed by atoms with Crippen LogP contribution in [0.1, 0.15) is 18.9 Å². The highest BCUT2D eigenvalue weighted by Gasteiger charge is 2.12. The summed E-state index contributed by atoms with van der Waals surface area (Å²) in [7, 11) is 1.53. The van der Waals surface area contributed by atoms with Gasteiger partial charge < -0.3 is 20.1 Å². The van der Waals surface area contributed by atoms with Crippen molar-refractivity contribution in [2.24, 2.45) is 0 Å². The van der Waals surface area contributed by atoms with E-state index in [1.54, 1.807) is 25.3 Å². The first-order chi connectivity index (χ1) is 9.56. The summed E-state index contributed by atoms with van der Waals surface area (Å²) in [5.41, 5.74) is 0.841. The van der Waals surface area contributed by atoms with Crippen LogP contribution in [0.3, 0.4) is 0 Å². The Kier molecular flexibility index (Phi) is 6.28. The van der Waals surface area contributed by atoms with Crippen molar-refractivity contribution < 1.29 is 19.4 Å². The van der Waals surface area contributed by atoms with E-state index in [9.17, 15) is 9.59 Å². The smallest absolute Gasteiger partial charge is 0.317 e. The maximum atomic E-state index is 11.9. The molecule has 7 nitrogen and oxygen atoms in total. The number of nitrogens with one attached hydrogen (secondary N) is 1. The second-order valence-electron chi connectivity index (χ2n) is 4.09. The third-order valence-electron chi connectivity index (χ3n) is 2.71. The molecule has 0 aliphatic rings. The van der Waals surface area contributed by atoms with Crippen molar-refractivity contribution in [1.29, 1.82) is 0 Å². The van der Waals surface area contributed by atoms with Gasteiger partial charge in [-0.1, -0.05) is 6.07 Å². The molecule has 0 radical (unpaired) electrons. The minimum absolute atomic E-state index is 0.0641. The molecule has 0 fully saturated rings. The lowest BCUT2D eigenvalue weighted by molar-refractivity contribution is -0.137. The summed E-state index contributed by atoms with van der Waals surface area (Å²) in [6.07, 6.45) is 1.55. The minimum Gasteiger partial charge on any atom is -0.481 e. The highest BCUT2D eigenvalue weighted by molar-refractivity contribution is 5.75. The summed E-state index contributed by atoms with van der Waals surface area (Å²) in [6.45, 7) is 2.79. The number of nitrogens with zero attached hydrogens (tertiary/aromatic N) is 2. The number of ether oxygens (including phenoxy) is 1. The van der Waals surface area contributed by atoms with Crippen LogP contribution in [0.15, 0.2) is 18.3 Å². The molecule has 20 heavy (non-hydrogen) atoms. The molecule has 1 aromatic rings. The number of rotatable bonds is 7. The maximum absolute atomic E-state index is 11.9. The molecule has 0 unspecified atom stereocenters. The van der Waals surface area contributed by atoms with Crippen LogP contribution < -0.4 is 10.1 Å². The summed E-state index contributed by atoms with van der Waals surface area (Å²) in [4.78, 5) is 27.8. The van der Waals surface area contributed by atoms with Crippen LogP contribution in [0.4, 0.5) is 4.79 Å². The zero-order chi connectivity index (χ0) is 15.0. The summed E-state index contributed by atoms with van der Waals surface area (Å²) < 4.78 is 4.94. The number of carbonyl (C=O) groups excluding carboxylic acids is 1. The van der Waals surface area contributed by atoms with E-state index in [4.69, 9.17) is 9.84 Å². The topological polar surface area (TPSA) is 91.8 Å². The van der Waals surface area contributed by atoms with Crippen molar-refractivity contribution in [1.82, 2.24) is 15.2 Å². The molecule has 1 heterocycles. The first-order valence-corrected chi connectivity index (χ1v) is 6.30. The first-order valence-electron chi connectivity index (χ1n) is 6.30. The van der Waals surface area contributed by atoms with Crippen molar-refractivity contribution >= 4 is 12.0 Å². The Morgan fingerprint density at radius 2 is 2.20 bits per heavy atom. The molecule has 0 aliphatic carbocycles. The van der Waals surface area contributed by atoms with Crippen molar-refractivity contribution in [3.8, 4) is 5.88 Å². The van der Waals surface area contributed by atoms with E-state index in [2.05, 4.69) is 10.3 Å². The minimum atomic E-state index is -0.921. The van der Waals surface area contributed by atoms with Gasteiger partial charge in [0.2, 0.25) is 5.88 Å². The van der Waals surface area contributed by atoms with Gasteiger partial charge >= 0.3 is 12.0 Å². The number of amides is 2. The van der Waals surface area contributed by atoms with E-state index < -0.39 is 5.97 Å². The quantitative estimate of drug-likeness (QED) is 0.780. The highest BCUT2D eigenvalue weighted by Crippen LogP contribution is 2.06. The van der Waals surface area contributed by atoms with Gasteiger partial charge in [0.1, 0.15) is 0 Å². The fourth-order valence-electron chi connectivity index (χ4n) is 1.56. The normalized spacial score (nSPS) is 9.90. The third-order valence-corrected chi connectivity index (χ3v) is 2.71. The molecule has 2 N–H and O–H groups in total. The van der Waals surface area contributed by atoms with Gasteiger partial charge in [0.25, 0.3) is 0 Å². The SMILES string of the molecule is CCN(CCC(=O)O)C(=O)NCc1ccc(OC)nc1. The van der Waals surface area contributed by atoms with E-state index >= 15 is 0 Å². The second kappa shape index (κ2) is 7.98. The fourth-order valence-corrected chi connectivity index (χ4v) is 1.56. The number of carboxylic acid groups (broad SMARTS) is 1. The number of carbonyl (C=O) groups is 2. The predicted octanol–water partition coefficient (Wildman–Crippen LogP) is 1.10. The van der Waals surface area contributed by atoms with Crippen LogP contribution in [-0.2, 0) is 11.3 Å². The molecule has 1 rings (SSSR count). The van der Waals surface area contributed by atoms with E-state index in [1.807, 2.05) is 0 Å². The lowest BCUT2D eigenvalue weighted by Gasteiger charge is -2.20. The summed E-state index contributed by atoms with van der Waals surface area (Å²) >= 11 is 0. The van der Waals surface area contributed by atoms with E-state index in [0.29, 0.717) is 19.0 Å². The van der Waals surface area contributed by atoms with Gasteiger partial charge in [0, 0.05) is 31.9 Å². The maximum Gasteiger partial charge on any atom is 0.317 e. The second-order valence-corrected chi connectivity index (χ2v) is 4.09. The zero-order valence-corrected chi connectivity index (χ0v) is 11.6. The Balaban J connectivity index is 2.45. The number of aliphatic carboxylic acids is 1. The molecule has 1 aromatic heterocycles. The number of pyridine rings is 1. The lowest BCUT2D eigenvalue weighted by Crippen LogP contribution is -2.40. The highest BCUT2D eigenvalue weighted by atomic mass is 16.5. The van der Waals surface area contributed by atoms with Gasteiger partial charge in [0.05, 0.1) is 13.5 Å². The summed E-state index contributed by atoms with van der Waals surface area (Å²) in [5, 5.41) is 11.3. The van der Waals surface area contributed by atoms with E-state index in [1.165, 1.54) is 12.0 Å². The predicted molar refractivity (Wildman–Crippen MR) is 72.5 cm³/mol. The number of carboxylic acids is 1. The summed E-state index contributed by atoms with van der Waals surface area (Å²) in [6, 6.07) is 3.23. The van der Waals surface area contributed by atoms with Crippen molar-refractivity contribution in [2.75, 3.05) is 20.2 Å². The van der Waals surface area contributed by atoms with Crippen LogP contribution in [0.25, 0.3) is 0 Å². The molecule has 7 heteroatoms. The molecule has 2 amide bonds. The average molecular weight is 281 g/mol. The van der Waals surface area contributed by atoms with Gasteiger partial charge in [-0.3, -0.25) is 4.79 Å². The molecule has 0 aromatic carbocycles. The molecule has 110 valence electrons. The van der Waals surface area contributed by atoms with Crippen molar-refractivity contribution in [3.05, 3.63) is 23.9 Å². The van der Waals surface area contributed by atoms with Crippen LogP contribution in [0, 0.1) is 0 Å². The van der Waals surface area contributed by atoms with Crippen molar-refractivity contribution in [3.63, 3.8) is 0 Å². The molecule has 0 bridgehead atoms. The Morgan fingerprint density at radius 1 is 1.45 bits per heavy atom. The van der Waals surface area contributed by atoms with Gasteiger partial charge in [0.15, 0.2) is 0 Å². The molecular weight excluding hydrogens is 262 g/mol. The standard InChI is InChI=1S/C13H19N3O4/c1-3-16(7-6-12(17)18)13(19)15-9-10-4-5-11(20-2)14-8-10/h4-5,8H,3,6-7,9H2,1-2H3,(H,15,19)(H,17,18). The number of methoxy groups -OCH3 is 1. The van der Waals surface area contributed by atoms with Crippen LogP contribution in [0.2, 0.25) is 0 Å². The van der Waals surface area contributed by atoms with Gasteiger partial charge in [-0.05, 0) is 12.5 Å². The Hall–Kier alpha value is -2.31. The Morgan fingerprint density at radius 3 is 2.70 bits per heavy atom. The monoisotopic (exact) mass is 281 g/mol. The van der Waals surface area contributed by atoms with E-state index in [-0.39, 0.29) is 19.0 Å². The summed E-state index contributed by atoms with van der Waals surface area (Å²) in [5.74, 6) is -0.410. The molecule has 0 saturated carbocycles. The number of aromatic nitrogens is 1. The zero-order valence-electron chi connectivity index (χ0n) is 11.6.